The summed E-state index contributed by atoms with van der Waals surface area (Å²) >= 11 is 1.02. The lowest BCUT2D eigenvalue weighted by Crippen LogP contribution is -1.84. The third kappa shape index (κ3) is 1.60. The maximum atomic E-state index is 8.44. The van der Waals surface area contributed by atoms with Gasteiger partial charge in [-0.1, -0.05) is 12.1 Å². The van der Waals surface area contributed by atoms with Crippen molar-refractivity contribution < 1.29 is 0 Å². The summed E-state index contributed by atoms with van der Waals surface area (Å²) in [5, 5.41) is 11.0. The van der Waals surface area contributed by atoms with Crippen LogP contribution in [0.2, 0.25) is 0 Å². The van der Waals surface area contributed by atoms with Crippen molar-refractivity contribution in [2.75, 3.05) is 0 Å². The largest absolute Gasteiger partial charge is 0.252 e. The molecule has 0 unspecified atom stereocenters. The lowest BCUT2D eigenvalue weighted by atomic mass is 10.3. The van der Waals surface area contributed by atoms with E-state index in [0.717, 1.165) is 22.8 Å². The van der Waals surface area contributed by atoms with Crippen LogP contribution < -0.4 is 0 Å². The maximum Gasteiger partial charge on any atom is 0.140 e. The molecule has 0 aliphatic carbocycles. The van der Waals surface area contributed by atoms with Gasteiger partial charge in [0.2, 0.25) is 0 Å². The molecule has 13 heavy (non-hydrogen) atoms. The first-order valence-electron chi connectivity index (χ1n) is 3.68. The zero-order valence-electron chi connectivity index (χ0n) is 6.64. The molecule has 3 nitrogen and oxygen atoms in total. The number of nitriles is 1. The Morgan fingerprint density at radius 1 is 1.23 bits per heavy atom. The lowest BCUT2D eigenvalue weighted by molar-refractivity contribution is 1.13. The SMILES string of the molecule is N#CSc1cnc2ccccc2n1. The van der Waals surface area contributed by atoms with Crippen LogP contribution in [0.4, 0.5) is 0 Å². The minimum atomic E-state index is 0.640. The van der Waals surface area contributed by atoms with Crippen molar-refractivity contribution in [1.29, 1.82) is 5.26 Å². The van der Waals surface area contributed by atoms with Gasteiger partial charge in [-0.3, -0.25) is 4.98 Å². The number of para-hydroxylation sites is 2. The van der Waals surface area contributed by atoms with E-state index in [2.05, 4.69) is 9.97 Å². The minimum absolute atomic E-state index is 0.640. The molecule has 0 bridgehead atoms. The third-order valence-electron chi connectivity index (χ3n) is 1.58. The van der Waals surface area contributed by atoms with Crippen LogP contribution in [0, 0.1) is 10.7 Å². The summed E-state index contributed by atoms with van der Waals surface area (Å²) < 4.78 is 0. The highest BCUT2D eigenvalue weighted by Gasteiger charge is 1.97. The molecular formula is C9H5N3S. The summed E-state index contributed by atoms with van der Waals surface area (Å²) in [7, 11) is 0. The van der Waals surface area contributed by atoms with Gasteiger partial charge < -0.3 is 0 Å². The van der Waals surface area contributed by atoms with E-state index >= 15 is 0 Å². The Balaban J connectivity index is 2.57. The summed E-state index contributed by atoms with van der Waals surface area (Å²) in [5.74, 6) is 0. The highest BCUT2D eigenvalue weighted by molar-refractivity contribution is 8.03. The van der Waals surface area contributed by atoms with E-state index in [4.69, 9.17) is 5.26 Å². The van der Waals surface area contributed by atoms with Crippen LogP contribution in [0.5, 0.6) is 0 Å². The van der Waals surface area contributed by atoms with E-state index in [0.29, 0.717) is 5.03 Å². The molecule has 0 saturated carbocycles. The Kier molecular flexibility index (Phi) is 2.11. The molecule has 2 rings (SSSR count). The Morgan fingerprint density at radius 3 is 2.77 bits per heavy atom. The molecule has 0 amide bonds. The fourth-order valence-corrected chi connectivity index (χ4v) is 1.38. The summed E-state index contributed by atoms with van der Waals surface area (Å²) in [5.41, 5.74) is 1.67. The van der Waals surface area contributed by atoms with Crippen molar-refractivity contribution in [1.82, 2.24) is 9.97 Å². The molecule has 1 heterocycles. The molecule has 0 aliphatic rings. The molecule has 0 N–H and O–H groups in total. The van der Waals surface area contributed by atoms with Gasteiger partial charge in [0, 0.05) is 11.8 Å². The second kappa shape index (κ2) is 3.42. The van der Waals surface area contributed by atoms with Gasteiger partial charge in [-0.05, 0) is 12.1 Å². The van der Waals surface area contributed by atoms with Crippen molar-refractivity contribution in [2.24, 2.45) is 0 Å². The standard InChI is InChI=1S/C9H5N3S/c10-6-13-9-5-11-7-3-1-2-4-8(7)12-9/h1-5H. The zero-order valence-corrected chi connectivity index (χ0v) is 7.45. The lowest BCUT2D eigenvalue weighted by Gasteiger charge is -1.96. The van der Waals surface area contributed by atoms with Crippen LogP contribution in [0.15, 0.2) is 35.5 Å². The normalized spacial score (nSPS) is 9.77. The van der Waals surface area contributed by atoms with Crippen LogP contribution in [-0.2, 0) is 0 Å². The monoisotopic (exact) mass is 187 g/mol. The topological polar surface area (TPSA) is 49.6 Å². The smallest absolute Gasteiger partial charge is 0.140 e. The molecule has 0 spiro atoms. The summed E-state index contributed by atoms with van der Waals surface area (Å²) in [6, 6.07) is 7.58. The van der Waals surface area contributed by atoms with Gasteiger partial charge in [0.05, 0.1) is 17.2 Å². The number of fused-ring (bicyclic) bond motifs is 1. The van der Waals surface area contributed by atoms with Crippen molar-refractivity contribution in [3.63, 3.8) is 0 Å². The fourth-order valence-electron chi connectivity index (χ4n) is 1.04. The van der Waals surface area contributed by atoms with Crippen molar-refractivity contribution in [3.8, 4) is 5.40 Å². The van der Waals surface area contributed by atoms with Gasteiger partial charge >= 0.3 is 0 Å². The minimum Gasteiger partial charge on any atom is -0.252 e. The maximum absolute atomic E-state index is 8.44. The number of rotatable bonds is 1. The number of hydrogen-bond acceptors (Lipinski definition) is 4. The molecular weight excluding hydrogens is 182 g/mol. The molecule has 4 heteroatoms. The number of nitrogens with zero attached hydrogens (tertiary/aromatic N) is 3. The number of thiocyanates is 1. The predicted molar refractivity (Wildman–Crippen MR) is 51.0 cm³/mol. The summed E-state index contributed by atoms with van der Waals surface area (Å²) in [4.78, 5) is 8.41. The first kappa shape index (κ1) is 8.02. The number of benzene rings is 1. The second-order valence-corrected chi connectivity index (χ2v) is 3.20. The Labute approximate surface area is 79.4 Å². The Morgan fingerprint density at radius 2 is 2.00 bits per heavy atom. The first-order valence-corrected chi connectivity index (χ1v) is 4.49. The van der Waals surface area contributed by atoms with E-state index in [9.17, 15) is 0 Å². The van der Waals surface area contributed by atoms with Crippen molar-refractivity contribution >= 4 is 22.8 Å². The second-order valence-electron chi connectivity index (χ2n) is 2.39. The van der Waals surface area contributed by atoms with E-state index in [1.165, 1.54) is 0 Å². The molecule has 62 valence electrons. The summed E-state index contributed by atoms with van der Waals surface area (Å²) in [6.07, 6.45) is 1.61. The zero-order chi connectivity index (χ0) is 9.10. The third-order valence-corrected chi connectivity index (χ3v) is 2.07. The molecule has 1 aromatic carbocycles. The van der Waals surface area contributed by atoms with Crippen molar-refractivity contribution in [3.05, 3.63) is 30.5 Å². The number of aromatic nitrogens is 2. The van der Waals surface area contributed by atoms with Gasteiger partial charge in [0.1, 0.15) is 10.4 Å². The highest BCUT2D eigenvalue weighted by atomic mass is 32.2. The Hall–Kier alpha value is -1.60. The molecule has 2 aromatic rings. The van der Waals surface area contributed by atoms with E-state index < -0.39 is 0 Å². The molecule has 1 aromatic heterocycles. The number of thioether (sulfide) groups is 1. The number of hydrogen-bond donors (Lipinski definition) is 0. The van der Waals surface area contributed by atoms with Gasteiger partial charge in [0.15, 0.2) is 0 Å². The molecule has 0 radical (unpaired) electrons. The van der Waals surface area contributed by atoms with Crippen LogP contribution in [0.3, 0.4) is 0 Å². The van der Waals surface area contributed by atoms with Crippen LogP contribution in [0.25, 0.3) is 11.0 Å². The molecule has 0 aliphatic heterocycles. The first-order chi connectivity index (χ1) is 6.40. The van der Waals surface area contributed by atoms with Crippen LogP contribution in [-0.4, -0.2) is 9.97 Å². The quantitative estimate of drug-likeness (QED) is 0.507. The molecule has 0 fully saturated rings. The van der Waals surface area contributed by atoms with Gasteiger partial charge in [-0.15, -0.1) is 0 Å². The molecule has 0 atom stereocenters. The van der Waals surface area contributed by atoms with Gasteiger partial charge in [-0.25, -0.2) is 4.98 Å². The fraction of sp³-hybridized carbons (Fsp3) is 0. The highest BCUT2D eigenvalue weighted by Crippen LogP contribution is 2.15. The van der Waals surface area contributed by atoms with Gasteiger partial charge in [0.25, 0.3) is 0 Å². The average Bonchev–Trinajstić information content (AvgIpc) is 2.18. The summed E-state index contributed by atoms with van der Waals surface area (Å²) in [6.45, 7) is 0. The average molecular weight is 187 g/mol. The van der Waals surface area contributed by atoms with E-state index in [-0.39, 0.29) is 0 Å². The predicted octanol–water partition coefficient (Wildman–Crippen LogP) is 2.20. The van der Waals surface area contributed by atoms with Crippen LogP contribution in [0.1, 0.15) is 0 Å². The molecule has 0 saturated heterocycles. The Bertz CT molecular complexity index is 475. The van der Waals surface area contributed by atoms with Crippen LogP contribution >= 0.6 is 11.8 Å². The van der Waals surface area contributed by atoms with Gasteiger partial charge in [-0.2, -0.15) is 5.26 Å². The van der Waals surface area contributed by atoms with E-state index in [1.807, 2.05) is 29.7 Å². The van der Waals surface area contributed by atoms with E-state index in [1.54, 1.807) is 6.20 Å². The van der Waals surface area contributed by atoms with Crippen molar-refractivity contribution in [2.45, 2.75) is 5.03 Å².